The molecule has 1 aliphatic heterocycles. The molecule has 1 aromatic carbocycles. The third kappa shape index (κ3) is 4.82. The Hall–Kier alpha value is -0.860. The van der Waals surface area contributed by atoms with Gasteiger partial charge in [-0.15, -0.1) is 0 Å². The van der Waals surface area contributed by atoms with E-state index < -0.39 is 0 Å². The predicted octanol–water partition coefficient (Wildman–Crippen LogP) is 4.01. The maximum absolute atomic E-state index is 3.67. The first kappa shape index (κ1) is 16.5. The maximum Gasteiger partial charge on any atom is 0.0449 e. The molecule has 0 aromatic heterocycles. The number of aryl methyl sites for hydroxylation is 1. The molecule has 2 nitrogen and oxygen atoms in total. The van der Waals surface area contributed by atoms with Crippen molar-refractivity contribution in [2.24, 2.45) is 11.8 Å². The molecule has 1 unspecified atom stereocenters. The van der Waals surface area contributed by atoms with Gasteiger partial charge in [0.05, 0.1) is 0 Å². The lowest BCUT2D eigenvalue weighted by atomic mass is 9.86. The van der Waals surface area contributed by atoms with Crippen LogP contribution in [0.25, 0.3) is 0 Å². The molecule has 118 valence electrons. The molecule has 1 saturated heterocycles. The SMILES string of the molecule is CCNC(CN1CCC(C(C)C)CC1)c1cccc(C)c1. The minimum Gasteiger partial charge on any atom is -0.309 e. The number of benzene rings is 1. The fourth-order valence-electron chi connectivity index (χ4n) is 3.48. The van der Waals surface area contributed by atoms with Crippen LogP contribution in [0.5, 0.6) is 0 Å². The first-order valence-electron chi connectivity index (χ1n) is 8.62. The van der Waals surface area contributed by atoms with Crippen molar-refractivity contribution in [3.63, 3.8) is 0 Å². The summed E-state index contributed by atoms with van der Waals surface area (Å²) in [6, 6.07) is 9.42. The summed E-state index contributed by atoms with van der Waals surface area (Å²) in [5, 5.41) is 3.67. The van der Waals surface area contributed by atoms with Crippen molar-refractivity contribution in [2.45, 2.75) is 46.6 Å². The van der Waals surface area contributed by atoms with Gasteiger partial charge in [-0.3, -0.25) is 0 Å². The zero-order valence-corrected chi connectivity index (χ0v) is 14.2. The van der Waals surface area contributed by atoms with E-state index in [1.807, 2.05) is 0 Å². The van der Waals surface area contributed by atoms with Gasteiger partial charge < -0.3 is 10.2 Å². The number of hydrogen-bond acceptors (Lipinski definition) is 2. The minimum absolute atomic E-state index is 0.463. The average molecular weight is 288 g/mol. The average Bonchev–Trinajstić information content (AvgIpc) is 2.47. The summed E-state index contributed by atoms with van der Waals surface area (Å²) in [4.78, 5) is 2.65. The first-order chi connectivity index (χ1) is 10.1. The Morgan fingerprint density at radius 2 is 1.95 bits per heavy atom. The molecule has 2 heteroatoms. The quantitative estimate of drug-likeness (QED) is 0.850. The number of likely N-dealkylation sites (N-methyl/N-ethyl adjacent to an activating group) is 1. The van der Waals surface area contributed by atoms with Crippen LogP contribution >= 0.6 is 0 Å². The van der Waals surface area contributed by atoms with Crippen LogP contribution in [0, 0.1) is 18.8 Å². The molecular weight excluding hydrogens is 256 g/mol. The molecule has 0 bridgehead atoms. The Balaban J connectivity index is 1.95. The van der Waals surface area contributed by atoms with Crippen LogP contribution < -0.4 is 5.32 Å². The number of piperidine rings is 1. The van der Waals surface area contributed by atoms with Crippen LogP contribution in [0.1, 0.15) is 50.8 Å². The van der Waals surface area contributed by atoms with Crippen molar-refractivity contribution in [3.8, 4) is 0 Å². The van der Waals surface area contributed by atoms with Crippen LogP contribution in [0.2, 0.25) is 0 Å². The van der Waals surface area contributed by atoms with Crippen molar-refractivity contribution >= 4 is 0 Å². The highest BCUT2D eigenvalue weighted by Gasteiger charge is 2.23. The van der Waals surface area contributed by atoms with Crippen molar-refractivity contribution < 1.29 is 0 Å². The standard InChI is InChI=1S/C19H32N2/c1-5-20-19(18-8-6-7-16(4)13-18)14-21-11-9-17(10-12-21)15(2)3/h6-8,13,15,17,19-20H,5,9-12,14H2,1-4H3. The van der Waals surface area contributed by atoms with Crippen LogP contribution in [0.15, 0.2) is 24.3 Å². The zero-order valence-electron chi connectivity index (χ0n) is 14.2. The molecule has 0 saturated carbocycles. The van der Waals surface area contributed by atoms with E-state index in [1.54, 1.807) is 0 Å². The van der Waals surface area contributed by atoms with E-state index in [0.29, 0.717) is 6.04 Å². The second kappa shape index (κ2) is 7.95. The Morgan fingerprint density at radius 1 is 1.24 bits per heavy atom. The second-order valence-electron chi connectivity index (χ2n) is 6.91. The van der Waals surface area contributed by atoms with Gasteiger partial charge in [-0.1, -0.05) is 50.6 Å². The topological polar surface area (TPSA) is 15.3 Å². The van der Waals surface area contributed by atoms with Crippen LogP contribution in [0.3, 0.4) is 0 Å². The van der Waals surface area contributed by atoms with E-state index in [1.165, 1.54) is 37.1 Å². The fraction of sp³-hybridized carbons (Fsp3) is 0.684. The third-order valence-electron chi connectivity index (χ3n) is 4.91. The Morgan fingerprint density at radius 3 is 2.52 bits per heavy atom. The number of rotatable bonds is 6. The molecule has 0 radical (unpaired) electrons. The van der Waals surface area contributed by atoms with Crippen LogP contribution in [-0.4, -0.2) is 31.1 Å². The predicted molar refractivity (Wildman–Crippen MR) is 91.6 cm³/mol. The van der Waals surface area contributed by atoms with E-state index in [-0.39, 0.29) is 0 Å². The Bertz CT molecular complexity index is 419. The van der Waals surface area contributed by atoms with Gasteiger partial charge in [0.2, 0.25) is 0 Å². The van der Waals surface area contributed by atoms with Gasteiger partial charge >= 0.3 is 0 Å². The van der Waals surface area contributed by atoms with E-state index in [9.17, 15) is 0 Å². The summed E-state index contributed by atoms with van der Waals surface area (Å²) in [6.07, 6.45) is 2.73. The first-order valence-corrected chi connectivity index (χ1v) is 8.62. The highest BCUT2D eigenvalue weighted by molar-refractivity contribution is 5.25. The molecule has 1 aliphatic rings. The molecule has 0 amide bonds. The number of nitrogens with zero attached hydrogens (tertiary/aromatic N) is 1. The lowest BCUT2D eigenvalue weighted by Crippen LogP contribution is -2.40. The Labute approximate surface area is 130 Å². The van der Waals surface area contributed by atoms with E-state index >= 15 is 0 Å². The minimum atomic E-state index is 0.463. The largest absolute Gasteiger partial charge is 0.309 e. The van der Waals surface area contributed by atoms with Gasteiger partial charge in [-0.25, -0.2) is 0 Å². The lowest BCUT2D eigenvalue weighted by molar-refractivity contribution is 0.146. The maximum atomic E-state index is 3.67. The monoisotopic (exact) mass is 288 g/mol. The smallest absolute Gasteiger partial charge is 0.0449 e. The molecule has 21 heavy (non-hydrogen) atoms. The van der Waals surface area contributed by atoms with E-state index in [4.69, 9.17) is 0 Å². The zero-order chi connectivity index (χ0) is 15.2. The third-order valence-corrected chi connectivity index (χ3v) is 4.91. The summed E-state index contributed by atoms with van der Waals surface area (Å²) in [6.45, 7) is 13.8. The molecule has 1 aromatic rings. The Kier molecular flexibility index (Phi) is 6.25. The summed E-state index contributed by atoms with van der Waals surface area (Å²) in [5.41, 5.74) is 2.79. The second-order valence-corrected chi connectivity index (χ2v) is 6.91. The van der Waals surface area contributed by atoms with Gasteiger partial charge in [0.15, 0.2) is 0 Å². The number of hydrogen-bond donors (Lipinski definition) is 1. The highest BCUT2D eigenvalue weighted by Crippen LogP contribution is 2.26. The summed E-state index contributed by atoms with van der Waals surface area (Å²) in [7, 11) is 0. The van der Waals surface area contributed by atoms with E-state index in [2.05, 4.69) is 62.2 Å². The molecular formula is C19H32N2. The molecule has 0 aliphatic carbocycles. The van der Waals surface area contributed by atoms with Gasteiger partial charge in [0.25, 0.3) is 0 Å². The fourth-order valence-corrected chi connectivity index (χ4v) is 3.48. The summed E-state index contributed by atoms with van der Waals surface area (Å²) in [5.74, 6) is 1.77. The molecule has 0 spiro atoms. The highest BCUT2D eigenvalue weighted by atomic mass is 15.2. The number of likely N-dealkylation sites (tertiary alicyclic amines) is 1. The molecule has 1 N–H and O–H groups in total. The molecule has 1 heterocycles. The summed E-state index contributed by atoms with van der Waals surface area (Å²) >= 11 is 0. The van der Waals surface area contributed by atoms with Crippen molar-refractivity contribution in [3.05, 3.63) is 35.4 Å². The normalized spacial score (nSPS) is 19.1. The van der Waals surface area contributed by atoms with Gasteiger partial charge in [-0.05, 0) is 56.8 Å². The van der Waals surface area contributed by atoms with Gasteiger partial charge in [-0.2, -0.15) is 0 Å². The summed E-state index contributed by atoms with van der Waals surface area (Å²) < 4.78 is 0. The van der Waals surface area contributed by atoms with Crippen molar-refractivity contribution in [2.75, 3.05) is 26.2 Å². The molecule has 2 rings (SSSR count). The van der Waals surface area contributed by atoms with E-state index in [0.717, 1.165) is 24.9 Å². The lowest BCUT2D eigenvalue weighted by Gasteiger charge is -2.36. The van der Waals surface area contributed by atoms with Crippen LogP contribution in [0.4, 0.5) is 0 Å². The van der Waals surface area contributed by atoms with Gasteiger partial charge in [0.1, 0.15) is 0 Å². The number of nitrogens with one attached hydrogen (secondary N) is 1. The van der Waals surface area contributed by atoms with Crippen LogP contribution in [-0.2, 0) is 0 Å². The van der Waals surface area contributed by atoms with Gasteiger partial charge in [0, 0.05) is 12.6 Å². The molecule has 1 fully saturated rings. The van der Waals surface area contributed by atoms with Crippen molar-refractivity contribution in [1.29, 1.82) is 0 Å². The molecule has 1 atom stereocenters. The van der Waals surface area contributed by atoms with Crippen molar-refractivity contribution in [1.82, 2.24) is 10.2 Å².